The van der Waals surface area contributed by atoms with Gasteiger partial charge in [-0.2, -0.15) is 0 Å². The summed E-state index contributed by atoms with van der Waals surface area (Å²) in [5, 5.41) is -0.555. The third-order valence-corrected chi connectivity index (χ3v) is 3.05. The third-order valence-electron chi connectivity index (χ3n) is 2.66. The van der Waals surface area contributed by atoms with Gasteiger partial charge in [-0.15, -0.1) is 11.6 Å². The summed E-state index contributed by atoms with van der Waals surface area (Å²) in [5.41, 5.74) is 2.13. The topological polar surface area (TPSA) is 12.9 Å². The van der Waals surface area contributed by atoms with Gasteiger partial charge in [0.25, 0.3) is 0 Å². The molecule has 0 aliphatic carbocycles. The predicted octanol–water partition coefficient (Wildman–Crippen LogP) is 4.19. The van der Waals surface area contributed by atoms with Crippen LogP contribution in [0.1, 0.15) is 22.2 Å². The molecule has 1 aromatic carbocycles. The van der Waals surface area contributed by atoms with Crippen LogP contribution in [0.5, 0.6) is 0 Å². The van der Waals surface area contributed by atoms with Crippen LogP contribution in [0.2, 0.25) is 0 Å². The molecule has 18 heavy (non-hydrogen) atoms. The van der Waals surface area contributed by atoms with Gasteiger partial charge in [0.2, 0.25) is 0 Å². The van der Waals surface area contributed by atoms with Crippen LogP contribution in [-0.2, 0) is 6.42 Å². The van der Waals surface area contributed by atoms with Crippen molar-refractivity contribution in [1.82, 2.24) is 4.98 Å². The fraction of sp³-hybridized carbons (Fsp3) is 0.214. The van der Waals surface area contributed by atoms with Crippen molar-refractivity contribution < 1.29 is 8.78 Å². The Morgan fingerprint density at radius 3 is 2.61 bits per heavy atom. The summed E-state index contributed by atoms with van der Waals surface area (Å²) in [5.74, 6) is -1.23. The van der Waals surface area contributed by atoms with Gasteiger partial charge in [0.05, 0.1) is 5.38 Å². The number of rotatable bonds is 3. The molecule has 1 aromatic heterocycles. The zero-order valence-electron chi connectivity index (χ0n) is 9.83. The molecule has 2 aromatic rings. The van der Waals surface area contributed by atoms with Crippen molar-refractivity contribution >= 4 is 11.6 Å². The highest BCUT2D eigenvalue weighted by molar-refractivity contribution is 6.20. The highest BCUT2D eigenvalue weighted by Crippen LogP contribution is 2.27. The van der Waals surface area contributed by atoms with Crippen molar-refractivity contribution in [2.45, 2.75) is 18.7 Å². The third kappa shape index (κ3) is 3.05. The van der Waals surface area contributed by atoms with E-state index in [-0.39, 0.29) is 0 Å². The minimum absolute atomic E-state index is 0.292. The molecule has 1 unspecified atom stereocenters. The van der Waals surface area contributed by atoms with Gasteiger partial charge < -0.3 is 0 Å². The maximum atomic E-state index is 13.5. The monoisotopic (exact) mass is 267 g/mol. The highest BCUT2D eigenvalue weighted by Gasteiger charge is 2.14. The quantitative estimate of drug-likeness (QED) is 0.760. The minimum atomic E-state index is -0.623. The number of pyridine rings is 1. The Labute approximate surface area is 109 Å². The van der Waals surface area contributed by atoms with Crippen LogP contribution in [0.15, 0.2) is 36.5 Å². The molecule has 0 spiro atoms. The van der Waals surface area contributed by atoms with Crippen LogP contribution in [0.4, 0.5) is 8.78 Å². The molecule has 94 valence electrons. The van der Waals surface area contributed by atoms with E-state index in [0.717, 1.165) is 17.3 Å². The Morgan fingerprint density at radius 2 is 2.00 bits per heavy atom. The maximum absolute atomic E-state index is 13.5. The first-order chi connectivity index (χ1) is 8.56. The van der Waals surface area contributed by atoms with E-state index in [0.29, 0.717) is 12.0 Å². The molecule has 4 heteroatoms. The average molecular weight is 268 g/mol. The normalized spacial score (nSPS) is 12.4. The predicted molar refractivity (Wildman–Crippen MR) is 67.6 cm³/mol. The Hall–Kier alpha value is -1.48. The van der Waals surface area contributed by atoms with Crippen LogP contribution < -0.4 is 0 Å². The Kier molecular flexibility index (Phi) is 3.92. The molecule has 2 rings (SSSR count). The fourth-order valence-electron chi connectivity index (χ4n) is 1.67. The van der Waals surface area contributed by atoms with Crippen molar-refractivity contribution in [3.63, 3.8) is 0 Å². The van der Waals surface area contributed by atoms with Gasteiger partial charge in [-0.05, 0) is 24.6 Å². The molecule has 0 aliphatic rings. The molecule has 1 nitrogen and oxygen atoms in total. The lowest BCUT2D eigenvalue weighted by Gasteiger charge is -2.10. The first-order valence-corrected chi connectivity index (χ1v) is 6.00. The van der Waals surface area contributed by atoms with Crippen LogP contribution in [0.25, 0.3) is 0 Å². The molecule has 0 amide bonds. The molecule has 0 saturated heterocycles. The van der Waals surface area contributed by atoms with E-state index < -0.39 is 17.0 Å². The lowest BCUT2D eigenvalue weighted by atomic mass is 10.1. The van der Waals surface area contributed by atoms with E-state index in [9.17, 15) is 8.78 Å². The van der Waals surface area contributed by atoms with E-state index in [4.69, 9.17) is 11.6 Å². The SMILES string of the molecule is Cc1ccc(CC(Cl)c2ccc(F)cc2F)nc1. The minimum Gasteiger partial charge on any atom is -0.261 e. The largest absolute Gasteiger partial charge is 0.261 e. The summed E-state index contributed by atoms with van der Waals surface area (Å²) < 4.78 is 26.3. The Balaban J connectivity index is 2.16. The van der Waals surface area contributed by atoms with Crippen molar-refractivity contribution in [2.24, 2.45) is 0 Å². The van der Waals surface area contributed by atoms with E-state index in [1.807, 2.05) is 19.1 Å². The van der Waals surface area contributed by atoms with E-state index in [1.165, 1.54) is 12.1 Å². The number of hydrogen-bond acceptors (Lipinski definition) is 1. The molecule has 1 heterocycles. The van der Waals surface area contributed by atoms with Crippen molar-refractivity contribution in [3.8, 4) is 0 Å². The van der Waals surface area contributed by atoms with Gasteiger partial charge >= 0.3 is 0 Å². The molecule has 0 N–H and O–H groups in total. The number of halogens is 3. The molecule has 0 fully saturated rings. The maximum Gasteiger partial charge on any atom is 0.130 e. The second kappa shape index (κ2) is 5.44. The van der Waals surface area contributed by atoms with Crippen molar-refractivity contribution in [3.05, 3.63) is 65.0 Å². The van der Waals surface area contributed by atoms with E-state index >= 15 is 0 Å². The van der Waals surface area contributed by atoms with Gasteiger partial charge in [-0.1, -0.05) is 12.1 Å². The van der Waals surface area contributed by atoms with Crippen LogP contribution >= 0.6 is 11.6 Å². The number of nitrogens with zero attached hydrogens (tertiary/aromatic N) is 1. The lowest BCUT2D eigenvalue weighted by Crippen LogP contribution is -2.01. The van der Waals surface area contributed by atoms with Gasteiger partial charge in [0.15, 0.2) is 0 Å². The second-order valence-electron chi connectivity index (χ2n) is 4.16. The Bertz CT molecular complexity index is 540. The van der Waals surface area contributed by atoms with Gasteiger partial charge in [0.1, 0.15) is 11.6 Å². The zero-order chi connectivity index (χ0) is 13.1. The summed E-state index contributed by atoms with van der Waals surface area (Å²) >= 11 is 6.14. The molecule has 0 aliphatic heterocycles. The summed E-state index contributed by atoms with van der Waals surface area (Å²) in [7, 11) is 0. The number of hydrogen-bond donors (Lipinski definition) is 0. The van der Waals surface area contributed by atoms with Crippen LogP contribution in [0.3, 0.4) is 0 Å². The van der Waals surface area contributed by atoms with Gasteiger partial charge in [0, 0.05) is 29.9 Å². The van der Waals surface area contributed by atoms with E-state index in [1.54, 1.807) is 6.20 Å². The Morgan fingerprint density at radius 1 is 1.22 bits per heavy atom. The number of aryl methyl sites for hydroxylation is 1. The smallest absolute Gasteiger partial charge is 0.130 e. The number of aromatic nitrogens is 1. The standard InChI is InChI=1S/C14H12ClF2N/c1-9-2-4-11(18-8-9)7-13(15)12-5-3-10(16)6-14(12)17/h2-6,8,13H,7H2,1H3. The molecule has 0 bridgehead atoms. The number of benzene rings is 1. The highest BCUT2D eigenvalue weighted by atomic mass is 35.5. The summed E-state index contributed by atoms with van der Waals surface area (Å²) in [6.45, 7) is 1.94. The second-order valence-corrected chi connectivity index (χ2v) is 4.69. The van der Waals surface area contributed by atoms with Crippen LogP contribution in [-0.4, -0.2) is 4.98 Å². The van der Waals surface area contributed by atoms with Crippen molar-refractivity contribution in [2.75, 3.05) is 0 Å². The first kappa shape index (κ1) is 13.0. The molecule has 1 atom stereocenters. The summed E-state index contributed by atoms with van der Waals surface area (Å²) in [6.07, 6.45) is 2.14. The molecule has 0 radical (unpaired) electrons. The summed E-state index contributed by atoms with van der Waals surface area (Å²) in [6, 6.07) is 7.19. The molecular weight excluding hydrogens is 256 g/mol. The van der Waals surface area contributed by atoms with Crippen molar-refractivity contribution in [1.29, 1.82) is 0 Å². The fourth-order valence-corrected chi connectivity index (χ4v) is 2.00. The first-order valence-electron chi connectivity index (χ1n) is 5.57. The summed E-state index contributed by atoms with van der Waals surface area (Å²) in [4.78, 5) is 4.21. The number of alkyl halides is 1. The molecular formula is C14H12ClF2N. The molecule has 0 saturated carbocycles. The van der Waals surface area contributed by atoms with Crippen LogP contribution in [0, 0.1) is 18.6 Å². The lowest BCUT2D eigenvalue weighted by molar-refractivity contribution is 0.569. The zero-order valence-corrected chi connectivity index (χ0v) is 10.6. The van der Waals surface area contributed by atoms with Gasteiger partial charge in [-0.3, -0.25) is 4.98 Å². The average Bonchev–Trinajstić information content (AvgIpc) is 2.32. The van der Waals surface area contributed by atoms with Gasteiger partial charge in [-0.25, -0.2) is 8.78 Å². The van der Waals surface area contributed by atoms with E-state index in [2.05, 4.69) is 4.98 Å².